The Morgan fingerprint density at radius 1 is 0.939 bits per heavy atom. The molecule has 5 rings (SSSR count). The third-order valence-electron chi connectivity index (χ3n) is 6.04. The number of anilines is 1. The fourth-order valence-corrected chi connectivity index (χ4v) is 4.33. The molecule has 0 aliphatic carbocycles. The van der Waals surface area contributed by atoms with Crippen LogP contribution in [0.1, 0.15) is 23.2 Å². The number of pyridine rings is 2. The number of aromatic nitrogens is 2. The van der Waals surface area contributed by atoms with Gasteiger partial charge in [-0.25, -0.2) is 4.98 Å². The van der Waals surface area contributed by atoms with Crippen LogP contribution in [0.2, 0.25) is 0 Å². The van der Waals surface area contributed by atoms with Gasteiger partial charge in [0.2, 0.25) is 5.91 Å². The van der Waals surface area contributed by atoms with Gasteiger partial charge in [-0.1, -0.05) is 36.4 Å². The summed E-state index contributed by atoms with van der Waals surface area (Å²) in [6.45, 7) is 1.04. The van der Waals surface area contributed by atoms with Gasteiger partial charge >= 0.3 is 0 Å². The highest BCUT2D eigenvalue weighted by atomic mass is 16.2. The number of nitrogens with zero attached hydrogens (tertiary/aromatic N) is 3. The summed E-state index contributed by atoms with van der Waals surface area (Å²) in [5.74, 6) is -0.354. The molecule has 1 aliphatic heterocycles. The van der Waals surface area contributed by atoms with Gasteiger partial charge in [-0.05, 0) is 49.2 Å². The van der Waals surface area contributed by atoms with Crippen LogP contribution >= 0.6 is 0 Å². The number of carbonyl (C=O) groups is 2. The van der Waals surface area contributed by atoms with E-state index in [0.717, 1.165) is 40.7 Å². The number of carbonyl (C=O) groups excluding carboxylic acids is 2. The first-order valence-electron chi connectivity index (χ1n) is 11.1. The van der Waals surface area contributed by atoms with Crippen molar-refractivity contribution in [1.82, 2.24) is 14.9 Å². The van der Waals surface area contributed by atoms with Crippen LogP contribution in [-0.4, -0.2) is 39.8 Å². The Morgan fingerprint density at radius 3 is 2.52 bits per heavy atom. The van der Waals surface area contributed by atoms with Gasteiger partial charge in [0.05, 0.1) is 22.7 Å². The van der Waals surface area contributed by atoms with E-state index in [9.17, 15) is 9.59 Å². The average Bonchev–Trinajstić information content (AvgIpc) is 2.89. The minimum atomic E-state index is -0.240. The van der Waals surface area contributed by atoms with Gasteiger partial charge < -0.3 is 10.2 Å². The first kappa shape index (κ1) is 20.8. The maximum absolute atomic E-state index is 13.7. The molecular weight excluding hydrogens is 412 g/mol. The molecule has 2 aromatic heterocycles. The van der Waals surface area contributed by atoms with Crippen molar-refractivity contribution in [2.24, 2.45) is 5.92 Å². The van der Waals surface area contributed by atoms with E-state index in [1.165, 1.54) is 0 Å². The van der Waals surface area contributed by atoms with Gasteiger partial charge in [0, 0.05) is 42.1 Å². The van der Waals surface area contributed by atoms with Crippen LogP contribution in [0.5, 0.6) is 0 Å². The lowest BCUT2D eigenvalue weighted by molar-refractivity contribution is -0.121. The lowest BCUT2D eigenvalue weighted by Gasteiger charge is -2.32. The number of likely N-dealkylation sites (tertiary alicyclic amines) is 1. The van der Waals surface area contributed by atoms with E-state index in [1.54, 1.807) is 17.3 Å². The second-order valence-corrected chi connectivity index (χ2v) is 8.25. The molecular formula is C27H24N4O2. The van der Waals surface area contributed by atoms with Crippen molar-refractivity contribution in [2.75, 3.05) is 18.4 Å². The van der Waals surface area contributed by atoms with E-state index < -0.39 is 0 Å². The summed E-state index contributed by atoms with van der Waals surface area (Å²) in [5.41, 5.74) is 3.79. The molecule has 6 nitrogen and oxygen atoms in total. The van der Waals surface area contributed by atoms with Crippen molar-refractivity contribution in [1.29, 1.82) is 0 Å². The number of hydrogen-bond donors (Lipinski definition) is 1. The number of piperidine rings is 1. The van der Waals surface area contributed by atoms with Crippen molar-refractivity contribution in [3.63, 3.8) is 0 Å². The molecule has 0 radical (unpaired) electrons. The molecule has 0 bridgehead atoms. The third-order valence-corrected chi connectivity index (χ3v) is 6.04. The SMILES string of the molecule is O=C(Nc1ccccc1)[C@H]1CCCN(C(=O)c2cc(-c3ccncc3)nc3ccccc23)C1. The summed E-state index contributed by atoms with van der Waals surface area (Å²) in [7, 11) is 0. The molecule has 33 heavy (non-hydrogen) atoms. The summed E-state index contributed by atoms with van der Waals surface area (Å²) in [5, 5.41) is 3.79. The molecule has 1 N–H and O–H groups in total. The number of hydrogen-bond acceptors (Lipinski definition) is 4. The van der Waals surface area contributed by atoms with Crippen LogP contribution in [0, 0.1) is 5.92 Å². The normalized spacial score (nSPS) is 15.9. The Bertz CT molecular complexity index is 1290. The minimum Gasteiger partial charge on any atom is -0.338 e. The number of nitrogens with one attached hydrogen (secondary N) is 1. The third kappa shape index (κ3) is 4.46. The first-order valence-corrected chi connectivity index (χ1v) is 11.1. The number of para-hydroxylation sites is 2. The highest BCUT2D eigenvalue weighted by molar-refractivity contribution is 6.07. The minimum absolute atomic E-state index is 0.0456. The molecule has 3 heterocycles. The van der Waals surface area contributed by atoms with Crippen LogP contribution < -0.4 is 5.32 Å². The zero-order valence-electron chi connectivity index (χ0n) is 18.1. The van der Waals surface area contributed by atoms with E-state index in [4.69, 9.17) is 4.98 Å². The number of fused-ring (bicyclic) bond motifs is 1. The van der Waals surface area contributed by atoms with Gasteiger partial charge in [0.1, 0.15) is 0 Å². The van der Waals surface area contributed by atoms with Crippen LogP contribution in [0.4, 0.5) is 5.69 Å². The maximum Gasteiger partial charge on any atom is 0.254 e. The van der Waals surface area contributed by atoms with Crippen molar-refractivity contribution < 1.29 is 9.59 Å². The van der Waals surface area contributed by atoms with Gasteiger partial charge in [0.15, 0.2) is 0 Å². The maximum atomic E-state index is 13.7. The van der Waals surface area contributed by atoms with E-state index in [-0.39, 0.29) is 17.7 Å². The van der Waals surface area contributed by atoms with E-state index >= 15 is 0 Å². The molecule has 6 heteroatoms. The zero-order chi connectivity index (χ0) is 22.6. The molecule has 1 fully saturated rings. The second kappa shape index (κ2) is 9.20. The summed E-state index contributed by atoms with van der Waals surface area (Å²) in [6, 6.07) is 22.7. The molecule has 1 atom stereocenters. The molecule has 1 aliphatic rings. The van der Waals surface area contributed by atoms with E-state index in [0.29, 0.717) is 18.7 Å². The van der Waals surface area contributed by atoms with Gasteiger partial charge in [-0.2, -0.15) is 0 Å². The van der Waals surface area contributed by atoms with Crippen molar-refractivity contribution >= 4 is 28.4 Å². The Morgan fingerprint density at radius 2 is 1.70 bits per heavy atom. The quantitative estimate of drug-likeness (QED) is 0.499. The fourth-order valence-electron chi connectivity index (χ4n) is 4.33. The highest BCUT2D eigenvalue weighted by Gasteiger charge is 2.30. The van der Waals surface area contributed by atoms with Gasteiger partial charge in [0.25, 0.3) is 5.91 Å². The summed E-state index contributed by atoms with van der Waals surface area (Å²) < 4.78 is 0. The van der Waals surface area contributed by atoms with E-state index in [2.05, 4.69) is 10.3 Å². The predicted octanol–water partition coefficient (Wildman–Crippen LogP) is 4.79. The largest absolute Gasteiger partial charge is 0.338 e. The Hall–Kier alpha value is -4.06. The van der Waals surface area contributed by atoms with Crippen LogP contribution in [-0.2, 0) is 4.79 Å². The molecule has 0 unspecified atom stereocenters. The van der Waals surface area contributed by atoms with Crippen LogP contribution in [0.25, 0.3) is 22.2 Å². The number of benzene rings is 2. The molecule has 0 saturated carbocycles. The first-order chi connectivity index (χ1) is 16.2. The van der Waals surface area contributed by atoms with Crippen LogP contribution in [0.15, 0.2) is 85.2 Å². The number of rotatable bonds is 4. The monoisotopic (exact) mass is 436 g/mol. The molecule has 2 aromatic carbocycles. The standard InChI is InChI=1S/C27H24N4O2/c32-26(29-21-8-2-1-3-9-21)20-7-6-16-31(18-20)27(33)23-17-25(19-12-14-28-15-13-19)30-24-11-5-4-10-22(23)24/h1-5,8-15,17,20H,6-7,16,18H2,(H,29,32)/t20-/m0/s1. The molecule has 1 saturated heterocycles. The molecule has 164 valence electrons. The van der Waals surface area contributed by atoms with E-state index in [1.807, 2.05) is 72.8 Å². The van der Waals surface area contributed by atoms with Crippen molar-refractivity contribution in [3.05, 3.63) is 90.8 Å². The lowest BCUT2D eigenvalue weighted by Crippen LogP contribution is -2.43. The smallest absolute Gasteiger partial charge is 0.254 e. The average molecular weight is 437 g/mol. The van der Waals surface area contributed by atoms with Crippen LogP contribution in [0.3, 0.4) is 0 Å². The van der Waals surface area contributed by atoms with Gasteiger partial charge in [-0.15, -0.1) is 0 Å². The zero-order valence-corrected chi connectivity index (χ0v) is 18.1. The summed E-state index contributed by atoms with van der Waals surface area (Å²) in [6.07, 6.45) is 4.99. The van der Waals surface area contributed by atoms with Gasteiger partial charge in [-0.3, -0.25) is 14.6 Å². The number of amides is 2. The topological polar surface area (TPSA) is 75.2 Å². The van der Waals surface area contributed by atoms with Crippen molar-refractivity contribution in [3.8, 4) is 11.3 Å². The molecule has 4 aromatic rings. The summed E-state index contributed by atoms with van der Waals surface area (Å²) >= 11 is 0. The Balaban J connectivity index is 1.42. The fraction of sp³-hybridized carbons (Fsp3) is 0.185. The summed E-state index contributed by atoms with van der Waals surface area (Å²) in [4.78, 5) is 37.2. The predicted molar refractivity (Wildman–Crippen MR) is 129 cm³/mol. The molecule has 2 amide bonds. The Labute approximate surface area is 192 Å². The Kier molecular flexibility index (Phi) is 5.81. The van der Waals surface area contributed by atoms with Crippen molar-refractivity contribution in [2.45, 2.75) is 12.8 Å². The highest BCUT2D eigenvalue weighted by Crippen LogP contribution is 2.27. The lowest BCUT2D eigenvalue weighted by atomic mass is 9.95. The second-order valence-electron chi connectivity index (χ2n) is 8.25. The molecule has 0 spiro atoms.